The number of ether oxygens (including phenoxy) is 1. The van der Waals surface area contributed by atoms with E-state index in [1.807, 2.05) is 0 Å². The summed E-state index contributed by atoms with van der Waals surface area (Å²) in [5.74, 6) is -0.0184. The van der Waals surface area contributed by atoms with Gasteiger partial charge in [0.15, 0.2) is 5.11 Å². The zero-order valence-electron chi connectivity index (χ0n) is 11.9. The maximum Gasteiger partial charge on any atom is 0.279 e. The van der Waals surface area contributed by atoms with E-state index in [0.717, 1.165) is 3.57 Å². The summed E-state index contributed by atoms with van der Waals surface area (Å²) in [6.07, 6.45) is 0. The summed E-state index contributed by atoms with van der Waals surface area (Å²) in [4.78, 5) is 24.4. The molecule has 120 valence electrons. The van der Waals surface area contributed by atoms with E-state index in [1.54, 1.807) is 42.8 Å². The van der Waals surface area contributed by atoms with Crippen molar-refractivity contribution in [3.63, 3.8) is 0 Å². The minimum atomic E-state index is -0.381. The Labute approximate surface area is 155 Å². The molecular weight excluding hydrogens is 449 g/mol. The van der Waals surface area contributed by atoms with Gasteiger partial charge in [-0.2, -0.15) is 0 Å². The molecule has 0 radical (unpaired) electrons. The van der Waals surface area contributed by atoms with Crippen LogP contribution in [0.25, 0.3) is 0 Å². The fourth-order valence-corrected chi connectivity index (χ4v) is 3.10. The third-order valence-electron chi connectivity index (χ3n) is 2.68. The first-order chi connectivity index (χ1) is 11.0. The van der Waals surface area contributed by atoms with Crippen molar-refractivity contribution in [3.8, 4) is 5.75 Å². The van der Waals surface area contributed by atoms with E-state index in [1.165, 1.54) is 11.3 Å². The Kier molecular flexibility index (Phi) is 6.30. The average Bonchev–Trinajstić information content (AvgIpc) is 3.07. The maximum atomic E-state index is 12.1. The van der Waals surface area contributed by atoms with Gasteiger partial charge in [0.25, 0.3) is 11.8 Å². The van der Waals surface area contributed by atoms with E-state index in [9.17, 15) is 9.59 Å². The van der Waals surface area contributed by atoms with Crippen molar-refractivity contribution in [1.82, 2.24) is 16.2 Å². The van der Waals surface area contributed by atoms with Crippen molar-refractivity contribution in [2.75, 3.05) is 7.11 Å². The summed E-state index contributed by atoms with van der Waals surface area (Å²) in [5, 5.41) is 4.28. The third kappa shape index (κ3) is 4.88. The number of hydrogen-bond donors (Lipinski definition) is 3. The molecule has 23 heavy (non-hydrogen) atoms. The molecule has 1 aromatic carbocycles. The Hall–Kier alpha value is -1.72. The summed E-state index contributed by atoms with van der Waals surface area (Å²) < 4.78 is 5.95. The van der Waals surface area contributed by atoms with Gasteiger partial charge < -0.3 is 4.74 Å². The van der Waals surface area contributed by atoms with E-state index in [0.29, 0.717) is 16.2 Å². The van der Waals surface area contributed by atoms with Crippen LogP contribution < -0.4 is 20.9 Å². The molecule has 9 heteroatoms. The van der Waals surface area contributed by atoms with Crippen LogP contribution in [0.3, 0.4) is 0 Å². The number of amides is 2. The lowest BCUT2D eigenvalue weighted by Gasteiger charge is -2.11. The van der Waals surface area contributed by atoms with E-state index in [2.05, 4.69) is 38.8 Å². The van der Waals surface area contributed by atoms with E-state index >= 15 is 0 Å². The van der Waals surface area contributed by atoms with E-state index in [4.69, 9.17) is 17.0 Å². The van der Waals surface area contributed by atoms with Gasteiger partial charge in [0, 0.05) is 5.56 Å². The number of benzene rings is 1. The van der Waals surface area contributed by atoms with Crippen LogP contribution in [0.15, 0.2) is 35.7 Å². The Balaban J connectivity index is 1.88. The lowest BCUT2D eigenvalue weighted by molar-refractivity contribution is 0.0938. The van der Waals surface area contributed by atoms with Gasteiger partial charge in [-0.15, -0.1) is 11.3 Å². The second-order valence-corrected chi connectivity index (χ2v) is 6.71. The first kappa shape index (κ1) is 17.6. The predicted octanol–water partition coefficient (Wildman–Crippen LogP) is 2.31. The first-order valence-electron chi connectivity index (χ1n) is 6.30. The molecule has 0 aliphatic heterocycles. The van der Waals surface area contributed by atoms with Crippen molar-refractivity contribution in [2.45, 2.75) is 0 Å². The quantitative estimate of drug-likeness (QED) is 0.372. The largest absolute Gasteiger partial charge is 0.496 e. The number of methoxy groups -OCH3 is 1. The number of carbonyl (C=O) groups excluding carboxylic acids is 2. The van der Waals surface area contributed by atoms with E-state index < -0.39 is 0 Å². The zero-order valence-corrected chi connectivity index (χ0v) is 15.7. The monoisotopic (exact) mass is 461 g/mol. The van der Waals surface area contributed by atoms with Crippen molar-refractivity contribution in [1.29, 1.82) is 0 Å². The molecule has 0 saturated heterocycles. The molecule has 2 aromatic rings. The average molecular weight is 461 g/mol. The summed E-state index contributed by atoms with van der Waals surface area (Å²) >= 11 is 8.36. The van der Waals surface area contributed by atoms with Gasteiger partial charge in [0.05, 0.1) is 15.6 Å². The lowest BCUT2D eigenvalue weighted by Crippen LogP contribution is -2.48. The second-order valence-electron chi connectivity index (χ2n) is 4.19. The molecule has 0 fully saturated rings. The van der Waals surface area contributed by atoms with Crippen LogP contribution in [-0.2, 0) is 0 Å². The van der Waals surface area contributed by atoms with Gasteiger partial charge in [-0.05, 0) is 64.5 Å². The van der Waals surface area contributed by atoms with E-state index in [-0.39, 0.29) is 16.9 Å². The molecular formula is C14H12IN3O3S2. The number of hydrazine groups is 1. The smallest absolute Gasteiger partial charge is 0.279 e. The fourth-order valence-electron chi connectivity index (χ4n) is 1.60. The van der Waals surface area contributed by atoms with Gasteiger partial charge in [0.1, 0.15) is 5.75 Å². The molecule has 0 atom stereocenters. The number of thiophene rings is 1. The molecule has 3 N–H and O–H groups in total. The topological polar surface area (TPSA) is 79.5 Å². The number of carbonyl (C=O) groups is 2. The van der Waals surface area contributed by atoms with Gasteiger partial charge in [-0.25, -0.2) is 0 Å². The van der Waals surface area contributed by atoms with Crippen molar-refractivity contribution >= 4 is 63.1 Å². The number of nitrogens with one attached hydrogen (secondary N) is 3. The van der Waals surface area contributed by atoms with Gasteiger partial charge in [-0.1, -0.05) is 6.07 Å². The van der Waals surface area contributed by atoms with Crippen LogP contribution in [-0.4, -0.2) is 24.0 Å². The molecule has 1 aromatic heterocycles. The molecule has 2 rings (SSSR count). The fraction of sp³-hybridized carbons (Fsp3) is 0.0714. The van der Waals surface area contributed by atoms with Crippen molar-refractivity contribution in [2.24, 2.45) is 0 Å². The number of thiocarbonyl (C=S) groups is 1. The van der Waals surface area contributed by atoms with Gasteiger partial charge in [-0.3, -0.25) is 25.8 Å². The molecule has 0 unspecified atom stereocenters. The van der Waals surface area contributed by atoms with Crippen LogP contribution in [0, 0.1) is 3.57 Å². The van der Waals surface area contributed by atoms with Crippen molar-refractivity contribution < 1.29 is 14.3 Å². The number of hydrogen-bond acceptors (Lipinski definition) is 5. The summed E-state index contributed by atoms with van der Waals surface area (Å²) in [6.45, 7) is 0. The summed E-state index contributed by atoms with van der Waals surface area (Å²) in [7, 11) is 1.56. The predicted molar refractivity (Wildman–Crippen MR) is 101 cm³/mol. The highest BCUT2D eigenvalue weighted by molar-refractivity contribution is 14.1. The van der Waals surface area contributed by atoms with Crippen LogP contribution in [0.4, 0.5) is 0 Å². The normalized spacial score (nSPS) is 9.83. The molecule has 0 spiro atoms. The summed E-state index contributed by atoms with van der Waals surface area (Å²) in [6, 6.07) is 8.46. The maximum absolute atomic E-state index is 12.1. The highest BCUT2D eigenvalue weighted by Crippen LogP contribution is 2.21. The molecule has 0 saturated carbocycles. The molecule has 0 bridgehead atoms. The Morgan fingerprint density at radius 2 is 2.00 bits per heavy atom. The summed E-state index contributed by atoms with van der Waals surface area (Å²) in [5.41, 5.74) is 5.34. The Morgan fingerprint density at radius 1 is 1.22 bits per heavy atom. The molecule has 2 amide bonds. The lowest BCUT2D eigenvalue weighted by atomic mass is 10.2. The minimum Gasteiger partial charge on any atom is -0.496 e. The van der Waals surface area contributed by atoms with Crippen molar-refractivity contribution in [3.05, 3.63) is 49.7 Å². The number of rotatable bonds is 3. The second kappa shape index (κ2) is 8.22. The molecule has 1 heterocycles. The molecule has 6 nitrogen and oxygen atoms in total. The van der Waals surface area contributed by atoms with Crippen LogP contribution in [0.1, 0.15) is 20.0 Å². The Morgan fingerprint density at radius 3 is 2.61 bits per heavy atom. The molecule has 0 aliphatic carbocycles. The van der Waals surface area contributed by atoms with Gasteiger partial charge >= 0.3 is 0 Å². The molecule has 0 aliphatic rings. The van der Waals surface area contributed by atoms with Crippen LogP contribution >= 0.6 is 46.1 Å². The highest BCUT2D eigenvalue weighted by atomic mass is 127. The first-order valence-corrected chi connectivity index (χ1v) is 8.66. The van der Waals surface area contributed by atoms with Crippen LogP contribution in [0.5, 0.6) is 5.75 Å². The SMILES string of the molecule is COc1ccc(C(=O)NC(=S)NNC(=O)c2cccs2)cc1I. The standard InChI is InChI=1S/C14H12IN3O3S2/c1-21-10-5-4-8(7-9(10)15)12(19)16-14(22)18-17-13(20)11-3-2-6-23-11/h2-7H,1H3,(H,17,20)(H2,16,18,19,22). The highest BCUT2D eigenvalue weighted by Gasteiger charge is 2.11. The third-order valence-corrected chi connectivity index (χ3v) is 4.59. The van der Waals surface area contributed by atoms with Crippen LogP contribution in [0.2, 0.25) is 0 Å². The Bertz CT molecular complexity index is 735. The van der Waals surface area contributed by atoms with Gasteiger partial charge in [0.2, 0.25) is 0 Å². The zero-order chi connectivity index (χ0) is 16.8. The minimum absolute atomic E-state index is 0.00531. The number of halogens is 1.